The maximum absolute atomic E-state index is 13.6. The van der Waals surface area contributed by atoms with E-state index in [1.54, 1.807) is 26.0 Å². The van der Waals surface area contributed by atoms with E-state index in [0.717, 1.165) is 16.7 Å². The number of sulfonamides is 1. The minimum Gasteiger partial charge on any atom is -0.360 e. The number of aromatic nitrogens is 2. The molecule has 0 radical (unpaired) electrons. The second-order valence-electron chi connectivity index (χ2n) is 9.12. The summed E-state index contributed by atoms with van der Waals surface area (Å²) in [6.07, 6.45) is 4.65. The van der Waals surface area contributed by atoms with Gasteiger partial charge in [0.1, 0.15) is 11.5 Å². The number of aryl methyl sites for hydroxylation is 5. The van der Waals surface area contributed by atoms with Crippen molar-refractivity contribution >= 4 is 33.9 Å². The average Bonchev–Trinajstić information content (AvgIpc) is 3.38. The smallest absolute Gasteiger partial charge is 0.248 e. The molecule has 2 aromatic heterocycles. The quantitative estimate of drug-likeness (QED) is 0.534. The van der Waals surface area contributed by atoms with Gasteiger partial charge in [-0.15, -0.1) is 0 Å². The maximum atomic E-state index is 13.6. The lowest BCUT2D eigenvalue weighted by Crippen LogP contribution is -2.43. The van der Waals surface area contributed by atoms with Gasteiger partial charge >= 0.3 is 0 Å². The van der Waals surface area contributed by atoms with Gasteiger partial charge in [-0.05, 0) is 70.2 Å². The maximum Gasteiger partial charge on any atom is 0.248 e. The van der Waals surface area contributed by atoms with Gasteiger partial charge in [0, 0.05) is 19.2 Å². The normalized spacial score (nSPS) is 17.2. The molecule has 9 nitrogen and oxygen atoms in total. The Bertz CT molecular complexity index is 1360. The third kappa shape index (κ3) is 5.23. The minimum absolute atomic E-state index is 0.0318. The molecule has 10 heteroatoms. The van der Waals surface area contributed by atoms with Crippen LogP contribution in [0.2, 0.25) is 0 Å². The number of nitrogens with one attached hydrogen (secondary N) is 1. The fourth-order valence-electron chi connectivity index (χ4n) is 4.57. The van der Waals surface area contributed by atoms with Gasteiger partial charge in [0.15, 0.2) is 16.5 Å². The molecule has 0 aliphatic carbocycles. The summed E-state index contributed by atoms with van der Waals surface area (Å²) in [4.78, 5) is 12.8. The molecule has 1 fully saturated rings. The van der Waals surface area contributed by atoms with Gasteiger partial charge < -0.3 is 14.4 Å². The average molecular weight is 499 g/mol. The van der Waals surface area contributed by atoms with E-state index in [1.807, 2.05) is 26.8 Å². The Hall–Kier alpha value is -3.24. The molecule has 1 aromatic carbocycles. The molecule has 1 aliphatic rings. The highest BCUT2D eigenvalue weighted by Crippen LogP contribution is 2.30. The lowest BCUT2D eigenvalue weighted by molar-refractivity contribution is -0.120. The zero-order chi connectivity index (χ0) is 25.3. The third-order valence-electron chi connectivity index (χ3n) is 6.20. The van der Waals surface area contributed by atoms with Crippen molar-refractivity contribution in [3.63, 3.8) is 0 Å². The molecule has 3 heterocycles. The predicted molar refractivity (Wildman–Crippen MR) is 132 cm³/mol. The summed E-state index contributed by atoms with van der Waals surface area (Å²) in [5.74, 6) is 0.272. The summed E-state index contributed by atoms with van der Waals surface area (Å²) >= 11 is 0. The van der Waals surface area contributed by atoms with Gasteiger partial charge in [0.2, 0.25) is 15.9 Å². The summed E-state index contributed by atoms with van der Waals surface area (Å²) in [5.41, 5.74) is 4.63. The van der Waals surface area contributed by atoms with E-state index in [4.69, 9.17) is 9.05 Å². The Morgan fingerprint density at radius 1 is 1.06 bits per heavy atom. The Balaban J connectivity index is 1.57. The van der Waals surface area contributed by atoms with Crippen molar-refractivity contribution in [1.82, 2.24) is 14.6 Å². The summed E-state index contributed by atoms with van der Waals surface area (Å²) in [6, 6.07) is 5.77. The van der Waals surface area contributed by atoms with E-state index < -0.39 is 15.9 Å². The minimum atomic E-state index is -3.93. The van der Waals surface area contributed by atoms with Crippen LogP contribution >= 0.6 is 0 Å². The fourth-order valence-corrected chi connectivity index (χ4v) is 6.34. The van der Waals surface area contributed by atoms with Crippen molar-refractivity contribution < 1.29 is 22.3 Å². The van der Waals surface area contributed by atoms with Gasteiger partial charge in [-0.25, -0.2) is 8.42 Å². The van der Waals surface area contributed by atoms with Gasteiger partial charge in [-0.3, -0.25) is 4.79 Å². The Morgan fingerprint density at radius 2 is 1.77 bits per heavy atom. The van der Waals surface area contributed by atoms with Crippen LogP contribution in [-0.4, -0.2) is 42.0 Å². The monoisotopic (exact) mass is 498 g/mol. The Labute approximate surface area is 205 Å². The first-order valence-corrected chi connectivity index (χ1v) is 13.0. The molecule has 3 aromatic rings. The zero-order valence-electron chi connectivity index (χ0n) is 20.6. The number of benzene rings is 1. The van der Waals surface area contributed by atoms with Crippen LogP contribution in [0.1, 0.15) is 52.3 Å². The number of hydrogen-bond donors (Lipinski definition) is 1. The number of nitrogens with zero attached hydrogens (tertiary/aromatic N) is 3. The molecular weight excluding hydrogens is 468 g/mol. The van der Waals surface area contributed by atoms with E-state index in [0.29, 0.717) is 31.0 Å². The number of carbonyl (C=O) groups excluding carboxylic acids is 1. The highest BCUT2D eigenvalue weighted by molar-refractivity contribution is 7.89. The Morgan fingerprint density at radius 3 is 2.43 bits per heavy atom. The standard InChI is InChI=1S/C25H30N4O5S/c1-15-11-16(2)21(17(3)12-15)8-9-22-24(19(5)27-34-22)35(31,32)29-10-6-7-20(14-29)25(30)26-23-13-18(4)33-28-23/h8-9,11-13,20H,6-7,10,14H2,1-5H3,(H,26,28,30)/b9-8+/t20-/m1/s1. The first kappa shape index (κ1) is 24.9. The number of hydrogen-bond acceptors (Lipinski definition) is 7. The zero-order valence-corrected chi connectivity index (χ0v) is 21.4. The van der Waals surface area contributed by atoms with Crippen molar-refractivity contribution in [2.75, 3.05) is 18.4 Å². The highest BCUT2D eigenvalue weighted by Gasteiger charge is 2.37. The van der Waals surface area contributed by atoms with Crippen molar-refractivity contribution in [2.45, 2.75) is 52.4 Å². The molecule has 0 bridgehead atoms. The van der Waals surface area contributed by atoms with Crippen LogP contribution in [-0.2, 0) is 14.8 Å². The molecule has 4 rings (SSSR count). The van der Waals surface area contributed by atoms with Gasteiger partial charge in [-0.1, -0.05) is 34.1 Å². The van der Waals surface area contributed by atoms with E-state index >= 15 is 0 Å². The molecule has 1 amide bonds. The largest absolute Gasteiger partial charge is 0.360 e. The van der Waals surface area contributed by atoms with Gasteiger partial charge in [-0.2, -0.15) is 4.31 Å². The molecule has 1 atom stereocenters. The summed E-state index contributed by atoms with van der Waals surface area (Å²) in [6.45, 7) is 9.79. The van der Waals surface area contributed by atoms with E-state index in [9.17, 15) is 13.2 Å². The van der Waals surface area contributed by atoms with Crippen molar-refractivity contribution in [1.29, 1.82) is 0 Å². The number of amides is 1. The molecule has 35 heavy (non-hydrogen) atoms. The van der Waals surface area contributed by atoms with Crippen molar-refractivity contribution in [2.24, 2.45) is 5.92 Å². The Kier molecular flexibility index (Phi) is 6.95. The second kappa shape index (κ2) is 9.79. The SMILES string of the molecule is Cc1cc(C)c(/C=C/c2onc(C)c2S(=O)(=O)N2CCC[C@@H](C(=O)Nc3cc(C)on3)C2)c(C)c1. The van der Waals surface area contributed by atoms with Crippen LogP contribution in [0.15, 0.2) is 32.1 Å². The predicted octanol–water partition coefficient (Wildman–Crippen LogP) is 4.41. The van der Waals surface area contributed by atoms with Crippen LogP contribution in [0, 0.1) is 40.5 Å². The first-order chi connectivity index (χ1) is 16.6. The summed E-state index contributed by atoms with van der Waals surface area (Å²) in [7, 11) is -3.93. The number of piperidine rings is 1. The molecule has 0 spiro atoms. The lowest BCUT2D eigenvalue weighted by atomic mass is 9.99. The van der Waals surface area contributed by atoms with Crippen molar-refractivity contribution in [3.05, 3.63) is 57.7 Å². The van der Waals surface area contributed by atoms with Crippen LogP contribution < -0.4 is 5.32 Å². The van der Waals surface area contributed by atoms with Crippen LogP contribution in [0.3, 0.4) is 0 Å². The number of carbonyl (C=O) groups is 1. The molecule has 0 saturated carbocycles. The molecule has 1 aliphatic heterocycles. The van der Waals surface area contributed by atoms with Crippen LogP contribution in [0.5, 0.6) is 0 Å². The second-order valence-corrected chi connectivity index (χ2v) is 11.0. The molecule has 0 unspecified atom stereocenters. The number of rotatable bonds is 6. The van der Waals surface area contributed by atoms with Gasteiger partial charge in [0.25, 0.3) is 0 Å². The summed E-state index contributed by atoms with van der Waals surface area (Å²) in [5, 5.41) is 10.4. The van der Waals surface area contributed by atoms with E-state index in [2.05, 4.69) is 27.8 Å². The van der Waals surface area contributed by atoms with Crippen molar-refractivity contribution in [3.8, 4) is 0 Å². The molecule has 1 saturated heterocycles. The third-order valence-corrected chi connectivity index (χ3v) is 8.23. The number of anilines is 1. The molecular formula is C25H30N4O5S. The van der Waals surface area contributed by atoms with Crippen LogP contribution in [0.4, 0.5) is 5.82 Å². The summed E-state index contributed by atoms with van der Waals surface area (Å²) < 4.78 is 39.0. The first-order valence-electron chi connectivity index (χ1n) is 11.5. The van der Waals surface area contributed by atoms with E-state index in [-0.39, 0.29) is 28.8 Å². The lowest BCUT2D eigenvalue weighted by Gasteiger charge is -2.30. The van der Waals surface area contributed by atoms with E-state index in [1.165, 1.54) is 9.87 Å². The fraction of sp³-hybridized carbons (Fsp3) is 0.400. The molecule has 1 N–H and O–H groups in total. The van der Waals surface area contributed by atoms with Gasteiger partial charge in [0.05, 0.1) is 5.92 Å². The molecule has 186 valence electrons. The topological polar surface area (TPSA) is 119 Å². The highest BCUT2D eigenvalue weighted by atomic mass is 32.2. The van der Waals surface area contributed by atoms with Crippen LogP contribution in [0.25, 0.3) is 12.2 Å².